The van der Waals surface area contributed by atoms with E-state index in [1.165, 1.54) is 11.1 Å². The van der Waals surface area contributed by atoms with E-state index in [0.29, 0.717) is 0 Å². The molecule has 0 fully saturated rings. The lowest BCUT2D eigenvalue weighted by molar-refractivity contribution is 1.01. The molecule has 22 heavy (non-hydrogen) atoms. The fraction of sp³-hybridized carbons (Fsp3) is 0.125. The van der Waals surface area contributed by atoms with E-state index >= 15 is 0 Å². The number of hydrogen-bond acceptors (Lipinski definition) is 5. The number of nitrogens with one attached hydrogen (secondary N) is 1. The van der Waals surface area contributed by atoms with E-state index < -0.39 is 0 Å². The second kappa shape index (κ2) is 7.26. The highest BCUT2D eigenvalue weighted by atomic mass is 79.9. The molecular weight excluding hydrogens is 378 g/mol. The standard InChI is InChI=1S/C16H14BrN3S2/c1-11-4-2-7-14(8-11)18-15-19-20-16(22-15)21-10-12-5-3-6-13(17)9-12/h2-9H,10H2,1H3,(H,18,19). The average Bonchev–Trinajstić information content (AvgIpc) is 2.93. The third-order valence-corrected chi connectivity index (χ3v) is 5.46. The maximum Gasteiger partial charge on any atom is 0.210 e. The van der Waals surface area contributed by atoms with Gasteiger partial charge in [0.2, 0.25) is 5.13 Å². The zero-order valence-electron chi connectivity index (χ0n) is 11.9. The Bertz CT molecular complexity index is 773. The molecule has 1 aromatic heterocycles. The molecule has 2 aromatic carbocycles. The highest BCUT2D eigenvalue weighted by Crippen LogP contribution is 2.30. The molecule has 0 aliphatic rings. The monoisotopic (exact) mass is 391 g/mol. The number of benzene rings is 2. The van der Waals surface area contributed by atoms with Crippen LogP contribution >= 0.6 is 39.0 Å². The molecule has 3 nitrogen and oxygen atoms in total. The molecule has 1 N–H and O–H groups in total. The molecule has 0 atom stereocenters. The highest BCUT2D eigenvalue weighted by Gasteiger charge is 2.06. The van der Waals surface area contributed by atoms with E-state index in [0.717, 1.165) is 25.4 Å². The molecule has 0 aliphatic heterocycles. The Labute approximate surface area is 146 Å². The molecule has 0 spiro atoms. The number of rotatable bonds is 5. The summed E-state index contributed by atoms with van der Waals surface area (Å²) in [5.41, 5.74) is 3.53. The van der Waals surface area contributed by atoms with Crippen molar-refractivity contribution in [3.8, 4) is 0 Å². The van der Waals surface area contributed by atoms with Gasteiger partial charge in [0.1, 0.15) is 0 Å². The maximum atomic E-state index is 4.23. The van der Waals surface area contributed by atoms with Gasteiger partial charge < -0.3 is 5.32 Å². The van der Waals surface area contributed by atoms with Crippen LogP contribution in [0.15, 0.2) is 57.3 Å². The Morgan fingerprint density at radius 2 is 2.00 bits per heavy atom. The first-order valence-electron chi connectivity index (χ1n) is 6.73. The summed E-state index contributed by atoms with van der Waals surface area (Å²) in [6.07, 6.45) is 0. The number of anilines is 2. The van der Waals surface area contributed by atoms with Gasteiger partial charge in [0.15, 0.2) is 4.34 Å². The molecule has 0 amide bonds. The van der Waals surface area contributed by atoms with E-state index in [1.807, 2.05) is 24.3 Å². The molecule has 0 bridgehead atoms. The van der Waals surface area contributed by atoms with Gasteiger partial charge in [0, 0.05) is 15.9 Å². The smallest absolute Gasteiger partial charge is 0.210 e. The summed E-state index contributed by atoms with van der Waals surface area (Å²) in [6, 6.07) is 16.5. The number of thioether (sulfide) groups is 1. The number of aromatic nitrogens is 2. The van der Waals surface area contributed by atoms with Crippen molar-refractivity contribution < 1.29 is 0 Å². The summed E-state index contributed by atoms with van der Waals surface area (Å²) in [5.74, 6) is 0.887. The number of hydrogen-bond donors (Lipinski definition) is 1. The molecule has 0 saturated heterocycles. The van der Waals surface area contributed by atoms with Crippen molar-refractivity contribution in [2.75, 3.05) is 5.32 Å². The van der Waals surface area contributed by atoms with Crippen molar-refractivity contribution in [3.63, 3.8) is 0 Å². The third kappa shape index (κ3) is 4.32. The summed E-state index contributed by atoms with van der Waals surface area (Å²) in [4.78, 5) is 0. The largest absolute Gasteiger partial charge is 0.330 e. The lowest BCUT2D eigenvalue weighted by Gasteiger charge is -2.02. The number of halogens is 1. The Morgan fingerprint density at radius 3 is 2.82 bits per heavy atom. The second-order valence-corrected chi connectivity index (χ2v) is 7.90. The summed E-state index contributed by atoms with van der Waals surface area (Å²) in [5, 5.41) is 12.5. The van der Waals surface area contributed by atoms with Crippen LogP contribution in [0.4, 0.5) is 10.8 Å². The van der Waals surface area contributed by atoms with Crippen LogP contribution in [-0.4, -0.2) is 10.2 Å². The van der Waals surface area contributed by atoms with Crippen LogP contribution in [0.5, 0.6) is 0 Å². The SMILES string of the molecule is Cc1cccc(Nc2nnc(SCc3cccc(Br)c3)s2)c1. The first-order chi connectivity index (χ1) is 10.7. The van der Waals surface area contributed by atoms with Gasteiger partial charge in [0.05, 0.1) is 0 Å². The van der Waals surface area contributed by atoms with Gasteiger partial charge in [-0.3, -0.25) is 0 Å². The zero-order chi connectivity index (χ0) is 15.4. The highest BCUT2D eigenvalue weighted by molar-refractivity contribution is 9.10. The third-order valence-electron chi connectivity index (χ3n) is 2.93. The van der Waals surface area contributed by atoms with Gasteiger partial charge in [-0.25, -0.2) is 0 Å². The Hall–Kier alpha value is -1.37. The number of nitrogens with zero attached hydrogens (tertiary/aromatic N) is 2. The van der Waals surface area contributed by atoms with Crippen molar-refractivity contribution in [1.29, 1.82) is 0 Å². The van der Waals surface area contributed by atoms with Gasteiger partial charge in [-0.1, -0.05) is 63.3 Å². The quantitative estimate of drug-likeness (QED) is 0.570. The Balaban J connectivity index is 1.61. The minimum Gasteiger partial charge on any atom is -0.330 e. The lowest BCUT2D eigenvalue weighted by Crippen LogP contribution is -1.89. The van der Waals surface area contributed by atoms with Crippen LogP contribution < -0.4 is 5.32 Å². The first kappa shape index (κ1) is 15.5. The summed E-state index contributed by atoms with van der Waals surface area (Å²) in [7, 11) is 0. The predicted molar refractivity (Wildman–Crippen MR) is 98.1 cm³/mol. The van der Waals surface area contributed by atoms with Gasteiger partial charge in [-0.2, -0.15) is 0 Å². The van der Waals surface area contributed by atoms with Crippen LogP contribution in [-0.2, 0) is 5.75 Å². The van der Waals surface area contributed by atoms with Crippen LogP contribution in [0.2, 0.25) is 0 Å². The molecule has 112 valence electrons. The van der Waals surface area contributed by atoms with Crippen molar-refractivity contribution in [2.45, 2.75) is 17.0 Å². The zero-order valence-corrected chi connectivity index (χ0v) is 15.1. The summed E-state index contributed by atoms with van der Waals surface area (Å²) < 4.78 is 2.07. The number of aryl methyl sites for hydroxylation is 1. The molecule has 1 heterocycles. The molecule has 0 saturated carbocycles. The Morgan fingerprint density at radius 1 is 1.14 bits per heavy atom. The summed E-state index contributed by atoms with van der Waals surface area (Å²) in [6.45, 7) is 2.07. The van der Waals surface area contributed by atoms with Crippen LogP contribution in [0.1, 0.15) is 11.1 Å². The van der Waals surface area contributed by atoms with Crippen LogP contribution in [0, 0.1) is 6.92 Å². The van der Waals surface area contributed by atoms with E-state index in [2.05, 4.69) is 62.6 Å². The summed E-state index contributed by atoms with van der Waals surface area (Å²) >= 11 is 6.77. The minimum absolute atomic E-state index is 0.822. The van der Waals surface area contributed by atoms with Gasteiger partial charge in [0.25, 0.3) is 0 Å². The predicted octanol–water partition coefficient (Wildman–Crippen LogP) is 5.64. The van der Waals surface area contributed by atoms with E-state index in [1.54, 1.807) is 23.1 Å². The lowest BCUT2D eigenvalue weighted by atomic mass is 10.2. The maximum absolute atomic E-state index is 4.23. The first-order valence-corrected chi connectivity index (χ1v) is 9.33. The normalized spacial score (nSPS) is 10.6. The molecular formula is C16H14BrN3S2. The minimum atomic E-state index is 0.822. The van der Waals surface area contributed by atoms with E-state index in [4.69, 9.17) is 0 Å². The van der Waals surface area contributed by atoms with Crippen LogP contribution in [0.3, 0.4) is 0 Å². The van der Waals surface area contributed by atoms with Gasteiger partial charge >= 0.3 is 0 Å². The van der Waals surface area contributed by atoms with Gasteiger partial charge in [-0.15, -0.1) is 10.2 Å². The van der Waals surface area contributed by atoms with Crippen molar-refractivity contribution in [2.24, 2.45) is 0 Å². The molecule has 3 aromatic rings. The van der Waals surface area contributed by atoms with E-state index in [9.17, 15) is 0 Å². The molecule has 3 rings (SSSR count). The fourth-order valence-corrected chi connectivity index (χ4v) is 4.10. The topological polar surface area (TPSA) is 37.8 Å². The van der Waals surface area contributed by atoms with Crippen LogP contribution in [0.25, 0.3) is 0 Å². The van der Waals surface area contributed by atoms with E-state index in [-0.39, 0.29) is 0 Å². The Kier molecular flexibility index (Phi) is 5.12. The van der Waals surface area contributed by atoms with Crippen molar-refractivity contribution in [3.05, 3.63) is 64.1 Å². The molecule has 0 aliphatic carbocycles. The van der Waals surface area contributed by atoms with Crippen molar-refractivity contribution in [1.82, 2.24) is 10.2 Å². The fourth-order valence-electron chi connectivity index (χ4n) is 1.94. The second-order valence-electron chi connectivity index (χ2n) is 4.79. The average molecular weight is 392 g/mol. The molecule has 0 unspecified atom stereocenters. The van der Waals surface area contributed by atoms with Crippen molar-refractivity contribution >= 4 is 49.8 Å². The van der Waals surface area contributed by atoms with Gasteiger partial charge in [-0.05, 0) is 42.3 Å². The molecule has 0 radical (unpaired) electrons. The molecule has 6 heteroatoms.